The van der Waals surface area contributed by atoms with Crippen LogP contribution in [0.25, 0.3) is 11.3 Å². The number of unbranched alkanes of at least 4 members (excludes halogenated alkanes) is 1. The maximum absolute atomic E-state index is 9.88. The van der Waals surface area contributed by atoms with Crippen molar-refractivity contribution in [2.45, 2.75) is 57.6 Å². The molecule has 0 aliphatic heterocycles. The van der Waals surface area contributed by atoms with Crippen molar-refractivity contribution in [2.24, 2.45) is 0 Å². The zero-order valence-electron chi connectivity index (χ0n) is 19.8. The highest BCUT2D eigenvalue weighted by Gasteiger charge is 2.21. The summed E-state index contributed by atoms with van der Waals surface area (Å²) in [6.07, 6.45) is 8.67. The van der Waals surface area contributed by atoms with Crippen LogP contribution in [0.4, 0.5) is 23.3 Å². The molecular weight excluding hydrogens is 430 g/mol. The minimum absolute atomic E-state index is 0.207. The summed E-state index contributed by atoms with van der Waals surface area (Å²) in [5.74, 6) is 2.76. The van der Waals surface area contributed by atoms with E-state index in [4.69, 9.17) is 9.72 Å². The number of nitrogens with one attached hydrogen (secondary N) is 3. The van der Waals surface area contributed by atoms with Crippen molar-refractivity contribution < 1.29 is 9.84 Å². The van der Waals surface area contributed by atoms with Gasteiger partial charge in [0.15, 0.2) is 0 Å². The molecule has 34 heavy (non-hydrogen) atoms. The number of aliphatic hydroxyl groups is 1. The van der Waals surface area contributed by atoms with Crippen LogP contribution in [0.15, 0.2) is 42.9 Å². The Morgan fingerprint density at radius 1 is 1.09 bits per heavy atom. The van der Waals surface area contributed by atoms with Crippen LogP contribution >= 0.6 is 0 Å². The van der Waals surface area contributed by atoms with Crippen molar-refractivity contribution in [3.63, 3.8) is 0 Å². The van der Waals surface area contributed by atoms with E-state index in [0.29, 0.717) is 11.8 Å². The summed E-state index contributed by atoms with van der Waals surface area (Å²) in [4.78, 5) is 18.2. The quantitative estimate of drug-likeness (QED) is 0.320. The summed E-state index contributed by atoms with van der Waals surface area (Å²) in [6, 6.07) is 9.81. The van der Waals surface area contributed by atoms with Gasteiger partial charge in [0.25, 0.3) is 0 Å². The topological polar surface area (TPSA) is 117 Å². The van der Waals surface area contributed by atoms with Crippen LogP contribution in [0.5, 0.6) is 5.75 Å². The molecule has 9 heteroatoms. The molecule has 1 aliphatic carbocycles. The molecule has 1 fully saturated rings. The normalized spacial score (nSPS) is 17.7. The molecule has 1 aliphatic rings. The highest BCUT2D eigenvalue weighted by atomic mass is 16.5. The molecular formula is C25H33N7O2. The lowest BCUT2D eigenvalue weighted by Gasteiger charge is -2.27. The molecule has 1 aromatic carbocycles. The molecule has 2 heterocycles. The SMILES string of the molecule is CCCCNc1ncc(-c2cc(Nc3cccc(OC)c3)ncn2)c(NC2CCC(O)CC2)n1. The molecule has 0 bridgehead atoms. The number of methoxy groups -OCH3 is 1. The number of hydrogen-bond donors (Lipinski definition) is 4. The van der Waals surface area contributed by atoms with E-state index in [-0.39, 0.29) is 12.1 Å². The van der Waals surface area contributed by atoms with Gasteiger partial charge in [0, 0.05) is 36.6 Å². The molecule has 0 spiro atoms. The highest BCUT2D eigenvalue weighted by molar-refractivity contribution is 5.75. The molecule has 0 radical (unpaired) electrons. The molecule has 0 saturated heterocycles. The van der Waals surface area contributed by atoms with Gasteiger partial charge in [0.2, 0.25) is 5.95 Å². The monoisotopic (exact) mass is 463 g/mol. The van der Waals surface area contributed by atoms with E-state index in [2.05, 4.69) is 37.8 Å². The fourth-order valence-corrected chi connectivity index (χ4v) is 3.98. The van der Waals surface area contributed by atoms with Gasteiger partial charge >= 0.3 is 0 Å². The molecule has 3 aromatic rings. The van der Waals surface area contributed by atoms with Gasteiger partial charge in [-0.1, -0.05) is 19.4 Å². The average molecular weight is 464 g/mol. The van der Waals surface area contributed by atoms with Gasteiger partial charge in [0.1, 0.15) is 23.7 Å². The second-order valence-electron chi connectivity index (χ2n) is 8.53. The van der Waals surface area contributed by atoms with Crippen LogP contribution in [0, 0.1) is 0 Å². The van der Waals surface area contributed by atoms with Crippen molar-refractivity contribution in [1.82, 2.24) is 19.9 Å². The van der Waals surface area contributed by atoms with E-state index >= 15 is 0 Å². The maximum atomic E-state index is 9.88. The van der Waals surface area contributed by atoms with E-state index in [1.165, 1.54) is 6.33 Å². The Morgan fingerprint density at radius 2 is 1.94 bits per heavy atom. The van der Waals surface area contributed by atoms with E-state index in [1.807, 2.05) is 30.3 Å². The molecule has 0 atom stereocenters. The van der Waals surface area contributed by atoms with Crippen molar-refractivity contribution in [2.75, 3.05) is 29.6 Å². The van der Waals surface area contributed by atoms with Crippen LogP contribution in [0.3, 0.4) is 0 Å². The van der Waals surface area contributed by atoms with E-state index in [1.54, 1.807) is 13.3 Å². The molecule has 9 nitrogen and oxygen atoms in total. The number of rotatable bonds is 10. The number of nitrogens with zero attached hydrogens (tertiary/aromatic N) is 4. The molecule has 4 rings (SSSR count). The lowest BCUT2D eigenvalue weighted by Crippen LogP contribution is -2.29. The smallest absolute Gasteiger partial charge is 0.224 e. The number of benzene rings is 1. The van der Waals surface area contributed by atoms with Gasteiger partial charge in [-0.3, -0.25) is 0 Å². The predicted octanol–water partition coefficient (Wildman–Crippen LogP) is 4.61. The van der Waals surface area contributed by atoms with Crippen LogP contribution in [0.1, 0.15) is 45.4 Å². The first-order chi connectivity index (χ1) is 16.6. The fraction of sp³-hybridized carbons (Fsp3) is 0.440. The number of hydrogen-bond acceptors (Lipinski definition) is 9. The van der Waals surface area contributed by atoms with Crippen LogP contribution in [-0.4, -0.2) is 50.8 Å². The predicted molar refractivity (Wildman–Crippen MR) is 135 cm³/mol. The Hall–Kier alpha value is -3.46. The summed E-state index contributed by atoms with van der Waals surface area (Å²) < 4.78 is 5.31. The summed E-state index contributed by atoms with van der Waals surface area (Å²) >= 11 is 0. The lowest BCUT2D eigenvalue weighted by molar-refractivity contribution is 0.126. The molecule has 0 amide bonds. The van der Waals surface area contributed by atoms with Gasteiger partial charge in [-0.2, -0.15) is 4.98 Å². The third kappa shape index (κ3) is 6.32. The summed E-state index contributed by atoms with van der Waals surface area (Å²) in [5.41, 5.74) is 2.40. The third-order valence-corrected chi connectivity index (χ3v) is 5.92. The average Bonchev–Trinajstić information content (AvgIpc) is 2.86. The maximum Gasteiger partial charge on any atom is 0.224 e. The molecule has 4 N–H and O–H groups in total. The zero-order chi connectivity index (χ0) is 23.8. The number of aromatic nitrogens is 4. The summed E-state index contributed by atoms with van der Waals surface area (Å²) in [6.45, 7) is 2.98. The minimum atomic E-state index is -0.207. The third-order valence-electron chi connectivity index (χ3n) is 5.92. The first kappa shape index (κ1) is 23.7. The van der Waals surface area contributed by atoms with Gasteiger partial charge in [-0.25, -0.2) is 15.0 Å². The largest absolute Gasteiger partial charge is 0.497 e. The Morgan fingerprint density at radius 3 is 2.74 bits per heavy atom. The van der Waals surface area contributed by atoms with E-state index in [9.17, 15) is 5.11 Å². The molecule has 180 valence electrons. The van der Waals surface area contributed by atoms with Crippen LogP contribution in [-0.2, 0) is 0 Å². The Bertz CT molecular complexity index is 1070. The van der Waals surface area contributed by atoms with Gasteiger partial charge in [-0.15, -0.1) is 0 Å². The first-order valence-electron chi connectivity index (χ1n) is 11.9. The van der Waals surface area contributed by atoms with Crippen LogP contribution in [0.2, 0.25) is 0 Å². The van der Waals surface area contributed by atoms with E-state index in [0.717, 1.165) is 73.6 Å². The summed E-state index contributed by atoms with van der Waals surface area (Å²) in [5, 5.41) is 20.1. The molecule has 1 saturated carbocycles. The molecule has 2 aromatic heterocycles. The Kier molecular flexibility index (Phi) is 8.08. The Balaban J connectivity index is 1.59. The first-order valence-corrected chi connectivity index (χ1v) is 11.9. The van der Waals surface area contributed by atoms with Crippen molar-refractivity contribution in [1.29, 1.82) is 0 Å². The van der Waals surface area contributed by atoms with Crippen LogP contribution < -0.4 is 20.7 Å². The van der Waals surface area contributed by atoms with Gasteiger partial charge in [0.05, 0.1) is 24.5 Å². The Labute approximate surface area is 200 Å². The zero-order valence-corrected chi connectivity index (χ0v) is 19.8. The number of ether oxygens (including phenoxy) is 1. The molecule has 0 unspecified atom stereocenters. The second kappa shape index (κ2) is 11.6. The fourth-order valence-electron chi connectivity index (χ4n) is 3.98. The van der Waals surface area contributed by atoms with Crippen molar-refractivity contribution in [3.8, 4) is 17.0 Å². The lowest BCUT2D eigenvalue weighted by atomic mass is 9.93. The van der Waals surface area contributed by atoms with E-state index < -0.39 is 0 Å². The minimum Gasteiger partial charge on any atom is -0.497 e. The standard InChI is InChI=1S/C25H33N7O2/c1-3-4-12-26-25-27-15-21(24(32-25)31-17-8-10-19(33)11-9-17)22-14-23(29-16-28-22)30-18-6-5-7-20(13-18)34-2/h5-7,13-17,19,33H,3-4,8-12H2,1-2H3,(H,28,29,30)(H2,26,27,31,32). The summed E-state index contributed by atoms with van der Waals surface area (Å²) in [7, 11) is 1.64. The highest BCUT2D eigenvalue weighted by Crippen LogP contribution is 2.30. The number of anilines is 4. The van der Waals surface area contributed by atoms with Crippen molar-refractivity contribution in [3.05, 3.63) is 42.9 Å². The van der Waals surface area contributed by atoms with Gasteiger partial charge in [-0.05, 0) is 44.2 Å². The van der Waals surface area contributed by atoms with Gasteiger partial charge < -0.3 is 25.8 Å². The number of aliphatic hydroxyl groups excluding tert-OH is 1. The second-order valence-corrected chi connectivity index (χ2v) is 8.53. The van der Waals surface area contributed by atoms with Crippen molar-refractivity contribution >= 4 is 23.3 Å².